The summed E-state index contributed by atoms with van der Waals surface area (Å²) in [6.45, 7) is 2.20. The average Bonchev–Trinajstić information content (AvgIpc) is 2.36. The van der Waals surface area contributed by atoms with Gasteiger partial charge in [-0.3, -0.25) is 9.59 Å². The van der Waals surface area contributed by atoms with Gasteiger partial charge in [0.05, 0.1) is 5.41 Å². The molecule has 1 heterocycles. The highest BCUT2D eigenvalue weighted by Crippen LogP contribution is 2.30. The van der Waals surface area contributed by atoms with Crippen molar-refractivity contribution in [2.75, 3.05) is 19.8 Å². The van der Waals surface area contributed by atoms with Gasteiger partial charge in [0.2, 0.25) is 5.91 Å². The van der Waals surface area contributed by atoms with Crippen LogP contribution in [0.3, 0.4) is 0 Å². The molecule has 0 aromatic carbocycles. The van der Waals surface area contributed by atoms with Crippen LogP contribution in [0.25, 0.3) is 0 Å². The van der Waals surface area contributed by atoms with Crippen molar-refractivity contribution in [3.63, 3.8) is 0 Å². The molecule has 1 rings (SSSR count). The van der Waals surface area contributed by atoms with Gasteiger partial charge in [-0.15, -0.1) is 0 Å². The SMILES string of the molecule is CC(NC(N)=O)C(=O)NCC1(C(=O)O)CCOCC1. The van der Waals surface area contributed by atoms with Crippen LogP contribution in [0.1, 0.15) is 19.8 Å². The lowest BCUT2D eigenvalue weighted by atomic mass is 9.80. The summed E-state index contributed by atoms with van der Waals surface area (Å²) < 4.78 is 5.13. The Balaban J connectivity index is 2.54. The number of amides is 3. The summed E-state index contributed by atoms with van der Waals surface area (Å²) in [6, 6.07) is -1.61. The van der Waals surface area contributed by atoms with E-state index in [9.17, 15) is 19.5 Å². The predicted octanol–water partition coefficient (Wildman–Crippen LogP) is -0.959. The topological polar surface area (TPSA) is 131 Å². The first-order chi connectivity index (χ1) is 8.87. The zero-order chi connectivity index (χ0) is 14.5. The van der Waals surface area contributed by atoms with Crippen LogP contribution in [0.15, 0.2) is 0 Å². The molecule has 1 fully saturated rings. The summed E-state index contributed by atoms with van der Waals surface area (Å²) in [6.07, 6.45) is 0.695. The van der Waals surface area contributed by atoms with E-state index in [1.54, 1.807) is 0 Å². The number of carboxylic acids is 1. The number of primary amides is 1. The third-order valence-corrected chi connectivity index (χ3v) is 3.26. The Morgan fingerprint density at radius 1 is 1.37 bits per heavy atom. The summed E-state index contributed by atoms with van der Waals surface area (Å²) >= 11 is 0. The zero-order valence-corrected chi connectivity index (χ0v) is 10.8. The first kappa shape index (κ1) is 15.2. The van der Waals surface area contributed by atoms with Gasteiger partial charge in [0.15, 0.2) is 0 Å². The molecule has 0 bridgehead atoms. The van der Waals surface area contributed by atoms with Crippen LogP contribution in [-0.4, -0.2) is 48.8 Å². The summed E-state index contributed by atoms with van der Waals surface area (Å²) in [5.74, 6) is -1.42. The van der Waals surface area contributed by atoms with E-state index in [4.69, 9.17) is 10.5 Å². The molecular weight excluding hydrogens is 254 g/mol. The molecule has 0 spiro atoms. The molecule has 0 aliphatic carbocycles. The molecule has 3 amide bonds. The van der Waals surface area contributed by atoms with Crippen LogP contribution >= 0.6 is 0 Å². The largest absolute Gasteiger partial charge is 0.481 e. The lowest BCUT2D eigenvalue weighted by Gasteiger charge is -2.33. The van der Waals surface area contributed by atoms with Crippen LogP contribution in [0.5, 0.6) is 0 Å². The molecular formula is C11H19N3O5. The normalized spacial score (nSPS) is 19.2. The van der Waals surface area contributed by atoms with Crippen molar-refractivity contribution in [2.45, 2.75) is 25.8 Å². The Kier molecular flexibility index (Phi) is 5.11. The third-order valence-electron chi connectivity index (χ3n) is 3.26. The summed E-state index contributed by atoms with van der Waals surface area (Å²) in [5.41, 5.74) is 3.90. The van der Waals surface area contributed by atoms with Crippen molar-refractivity contribution < 1.29 is 24.2 Å². The van der Waals surface area contributed by atoms with E-state index in [2.05, 4.69) is 10.6 Å². The predicted molar refractivity (Wildman–Crippen MR) is 65.3 cm³/mol. The zero-order valence-electron chi connectivity index (χ0n) is 10.8. The standard InChI is InChI=1S/C11H19N3O5/c1-7(14-10(12)18)8(15)13-6-11(9(16)17)2-4-19-5-3-11/h7H,2-6H2,1H3,(H,13,15)(H,16,17)(H3,12,14,18). The number of hydrogen-bond acceptors (Lipinski definition) is 4. The van der Waals surface area contributed by atoms with Gasteiger partial charge in [-0.2, -0.15) is 0 Å². The molecule has 0 saturated carbocycles. The van der Waals surface area contributed by atoms with Crippen LogP contribution in [0, 0.1) is 5.41 Å². The second-order valence-electron chi connectivity index (χ2n) is 4.65. The molecule has 8 nitrogen and oxygen atoms in total. The van der Waals surface area contributed by atoms with E-state index in [0.29, 0.717) is 26.1 Å². The maximum atomic E-state index is 11.7. The summed E-state index contributed by atoms with van der Waals surface area (Å²) in [5, 5.41) is 14.0. The Morgan fingerprint density at radius 3 is 2.42 bits per heavy atom. The Hall–Kier alpha value is -1.83. The molecule has 0 aromatic rings. The minimum atomic E-state index is -1.000. The molecule has 0 aromatic heterocycles. The number of nitrogens with one attached hydrogen (secondary N) is 2. The van der Waals surface area contributed by atoms with Crippen molar-refractivity contribution >= 4 is 17.9 Å². The molecule has 1 aliphatic rings. The maximum Gasteiger partial charge on any atom is 0.312 e. The van der Waals surface area contributed by atoms with Crippen LogP contribution in [-0.2, 0) is 14.3 Å². The highest BCUT2D eigenvalue weighted by molar-refractivity contribution is 5.86. The Bertz CT molecular complexity index is 365. The first-order valence-corrected chi connectivity index (χ1v) is 6.02. The minimum Gasteiger partial charge on any atom is -0.481 e. The van der Waals surface area contributed by atoms with Gasteiger partial charge in [0.1, 0.15) is 6.04 Å². The lowest BCUT2D eigenvalue weighted by molar-refractivity contribution is -0.154. The number of carbonyl (C=O) groups excluding carboxylic acids is 2. The molecule has 8 heteroatoms. The number of nitrogens with two attached hydrogens (primary N) is 1. The number of carbonyl (C=O) groups is 3. The number of urea groups is 1. The van der Waals surface area contributed by atoms with E-state index in [1.165, 1.54) is 6.92 Å². The van der Waals surface area contributed by atoms with Gasteiger partial charge in [-0.1, -0.05) is 0 Å². The fraction of sp³-hybridized carbons (Fsp3) is 0.727. The van der Waals surface area contributed by atoms with E-state index < -0.39 is 29.4 Å². The quantitative estimate of drug-likeness (QED) is 0.512. The number of hydrogen-bond donors (Lipinski definition) is 4. The van der Waals surface area contributed by atoms with Gasteiger partial charge in [0, 0.05) is 19.8 Å². The van der Waals surface area contributed by atoms with E-state index in [1.807, 2.05) is 0 Å². The smallest absolute Gasteiger partial charge is 0.312 e. The van der Waals surface area contributed by atoms with Gasteiger partial charge in [-0.05, 0) is 19.8 Å². The number of aliphatic carboxylic acids is 1. The molecule has 5 N–H and O–H groups in total. The lowest BCUT2D eigenvalue weighted by Crippen LogP contribution is -2.51. The Labute approximate surface area is 110 Å². The Morgan fingerprint density at radius 2 is 1.95 bits per heavy atom. The van der Waals surface area contributed by atoms with Crippen molar-refractivity contribution in [3.8, 4) is 0 Å². The van der Waals surface area contributed by atoms with Gasteiger partial charge in [-0.25, -0.2) is 4.79 Å². The fourth-order valence-electron chi connectivity index (χ4n) is 1.92. The van der Waals surface area contributed by atoms with Crippen molar-refractivity contribution in [3.05, 3.63) is 0 Å². The molecule has 0 radical (unpaired) electrons. The van der Waals surface area contributed by atoms with Crippen molar-refractivity contribution in [1.29, 1.82) is 0 Å². The van der Waals surface area contributed by atoms with E-state index >= 15 is 0 Å². The van der Waals surface area contributed by atoms with Gasteiger partial charge < -0.3 is 26.2 Å². The average molecular weight is 273 g/mol. The number of carboxylic acid groups (broad SMARTS) is 1. The van der Waals surface area contributed by atoms with E-state index in [-0.39, 0.29) is 6.54 Å². The summed E-state index contributed by atoms with van der Waals surface area (Å²) in [4.78, 5) is 33.6. The van der Waals surface area contributed by atoms with E-state index in [0.717, 1.165) is 0 Å². The van der Waals surface area contributed by atoms with Gasteiger partial charge >= 0.3 is 12.0 Å². The molecule has 19 heavy (non-hydrogen) atoms. The number of ether oxygens (including phenoxy) is 1. The molecule has 1 unspecified atom stereocenters. The minimum absolute atomic E-state index is 0.00923. The highest BCUT2D eigenvalue weighted by Gasteiger charge is 2.40. The monoisotopic (exact) mass is 273 g/mol. The van der Waals surface area contributed by atoms with Gasteiger partial charge in [0.25, 0.3) is 0 Å². The second-order valence-corrected chi connectivity index (χ2v) is 4.65. The van der Waals surface area contributed by atoms with Crippen molar-refractivity contribution in [1.82, 2.24) is 10.6 Å². The molecule has 1 aliphatic heterocycles. The first-order valence-electron chi connectivity index (χ1n) is 6.02. The molecule has 1 atom stereocenters. The fourth-order valence-corrected chi connectivity index (χ4v) is 1.92. The number of rotatable bonds is 5. The maximum absolute atomic E-state index is 11.7. The van der Waals surface area contributed by atoms with Crippen LogP contribution < -0.4 is 16.4 Å². The van der Waals surface area contributed by atoms with Crippen LogP contribution in [0.4, 0.5) is 4.79 Å². The highest BCUT2D eigenvalue weighted by atomic mass is 16.5. The summed E-state index contributed by atoms with van der Waals surface area (Å²) in [7, 11) is 0. The third kappa shape index (κ3) is 4.09. The second kappa shape index (κ2) is 6.37. The molecule has 1 saturated heterocycles. The van der Waals surface area contributed by atoms with Crippen molar-refractivity contribution in [2.24, 2.45) is 11.1 Å². The van der Waals surface area contributed by atoms with Crippen LogP contribution in [0.2, 0.25) is 0 Å². The molecule has 108 valence electrons.